The molecule has 5 heteroatoms. The van der Waals surface area contributed by atoms with E-state index in [1.807, 2.05) is 36.1 Å². The summed E-state index contributed by atoms with van der Waals surface area (Å²) >= 11 is 1.85. The molecule has 1 unspecified atom stereocenters. The average Bonchev–Trinajstić information content (AvgIpc) is 3.53. The molecule has 1 atom stereocenters. The Labute approximate surface area is 211 Å². The Morgan fingerprint density at radius 1 is 0.833 bits per heavy atom. The van der Waals surface area contributed by atoms with Crippen molar-refractivity contribution >= 4 is 43.3 Å². The van der Waals surface area contributed by atoms with Gasteiger partial charge in [-0.1, -0.05) is 48.5 Å². The molecule has 6 aromatic rings. The van der Waals surface area contributed by atoms with Crippen molar-refractivity contribution in [2.45, 2.75) is 12.3 Å². The molecule has 2 aliphatic rings. The Morgan fingerprint density at radius 2 is 1.69 bits per heavy atom. The molecule has 0 spiro atoms. The number of aliphatic imine (C=N–C) groups is 1. The maximum absolute atomic E-state index is 5.33. The monoisotopic (exact) mass is 480 g/mol. The first-order chi connectivity index (χ1) is 17.9. The lowest BCUT2D eigenvalue weighted by atomic mass is 9.79. The molecule has 0 N–H and O–H groups in total. The number of hydrogen-bond acceptors (Lipinski definition) is 4. The molecule has 1 aliphatic heterocycles. The van der Waals surface area contributed by atoms with Gasteiger partial charge in [-0.2, -0.15) is 0 Å². The number of hydrogen-bond donors (Lipinski definition) is 0. The third-order valence-electron chi connectivity index (χ3n) is 7.32. The minimum absolute atomic E-state index is 0.175. The van der Waals surface area contributed by atoms with Gasteiger partial charge in [0.1, 0.15) is 5.82 Å². The Bertz CT molecular complexity index is 1870. The third kappa shape index (κ3) is 2.77. The van der Waals surface area contributed by atoms with Crippen LogP contribution in [-0.4, -0.2) is 20.7 Å². The van der Waals surface area contributed by atoms with Crippen molar-refractivity contribution in [1.29, 1.82) is 0 Å². The van der Waals surface area contributed by atoms with E-state index in [-0.39, 0.29) is 5.92 Å². The lowest BCUT2D eigenvalue weighted by Gasteiger charge is -2.29. The predicted octanol–water partition coefficient (Wildman–Crippen LogP) is 7.88. The molecule has 1 aliphatic carbocycles. The number of allylic oxidation sites excluding steroid dienone is 1. The van der Waals surface area contributed by atoms with E-state index in [0.717, 1.165) is 40.3 Å². The molecule has 3 aromatic carbocycles. The Kier molecular flexibility index (Phi) is 4.19. The second kappa shape index (κ2) is 7.57. The molecule has 0 bridgehead atoms. The van der Waals surface area contributed by atoms with Crippen LogP contribution in [-0.2, 0) is 0 Å². The topological polar surface area (TPSA) is 43.1 Å². The van der Waals surface area contributed by atoms with Crippen molar-refractivity contribution < 1.29 is 0 Å². The van der Waals surface area contributed by atoms with Crippen molar-refractivity contribution in [3.63, 3.8) is 0 Å². The van der Waals surface area contributed by atoms with E-state index < -0.39 is 0 Å². The van der Waals surface area contributed by atoms with Crippen LogP contribution in [0.3, 0.4) is 0 Å². The highest BCUT2D eigenvalue weighted by Crippen LogP contribution is 2.50. The van der Waals surface area contributed by atoms with Crippen molar-refractivity contribution in [2.24, 2.45) is 4.99 Å². The van der Waals surface area contributed by atoms with Gasteiger partial charge in [0.25, 0.3) is 0 Å². The summed E-state index contributed by atoms with van der Waals surface area (Å²) in [7, 11) is 0. The summed E-state index contributed by atoms with van der Waals surface area (Å²) in [5, 5.41) is 2.59. The molecule has 8 rings (SSSR count). The van der Waals surface area contributed by atoms with E-state index in [2.05, 4.69) is 93.4 Å². The van der Waals surface area contributed by atoms with Crippen molar-refractivity contribution in [3.8, 4) is 28.3 Å². The molecule has 3 aromatic heterocycles. The summed E-state index contributed by atoms with van der Waals surface area (Å²) < 4.78 is 5.00. The molecule has 0 amide bonds. The van der Waals surface area contributed by atoms with E-state index in [9.17, 15) is 0 Å². The minimum Gasteiger partial charge on any atom is -0.295 e. The first kappa shape index (κ1) is 19.9. The van der Waals surface area contributed by atoms with Crippen molar-refractivity contribution in [2.75, 3.05) is 0 Å². The maximum Gasteiger partial charge on any atom is 0.145 e. The van der Waals surface area contributed by atoms with E-state index in [0.29, 0.717) is 0 Å². The van der Waals surface area contributed by atoms with Gasteiger partial charge in [-0.05, 0) is 42.3 Å². The van der Waals surface area contributed by atoms with Gasteiger partial charge in [-0.3, -0.25) is 14.5 Å². The zero-order valence-electron chi connectivity index (χ0n) is 19.3. The van der Waals surface area contributed by atoms with E-state index in [4.69, 9.17) is 4.98 Å². The molecule has 0 radical (unpaired) electrons. The summed E-state index contributed by atoms with van der Waals surface area (Å²) in [5.74, 6) is 1.14. The average molecular weight is 481 g/mol. The SMILES string of the molecule is C1=NC=C2c3cnccc3-c3nc(-c4ccccc4)n(-c4ccc5sc6ccccc6c5c4)c3C2C1. The second-order valence-electron chi connectivity index (χ2n) is 9.28. The Balaban J connectivity index is 1.48. The molecule has 170 valence electrons. The van der Waals surface area contributed by atoms with Crippen molar-refractivity contribution in [1.82, 2.24) is 14.5 Å². The van der Waals surface area contributed by atoms with Crippen LogP contribution < -0.4 is 0 Å². The van der Waals surface area contributed by atoms with Crippen LogP contribution >= 0.6 is 11.3 Å². The largest absolute Gasteiger partial charge is 0.295 e. The summed E-state index contributed by atoms with van der Waals surface area (Å²) in [5.41, 5.74) is 7.98. The summed E-state index contributed by atoms with van der Waals surface area (Å²) in [6.45, 7) is 0. The van der Waals surface area contributed by atoms with Gasteiger partial charge < -0.3 is 0 Å². The van der Waals surface area contributed by atoms with E-state index in [1.165, 1.54) is 31.4 Å². The number of fused-ring (bicyclic) bond motifs is 9. The lowest BCUT2D eigenvalue weighted by molar-refractivity contribution is 0.820. The van der Waals surface area contributed by atoms with Gasteiger partial charge in [0, 0.05) is 73.3 Å². The quantitative estimate of drug-likeness (QED) is 0.253. The standard InChI is InChI=1S/C31H20N4S/c1-2-6-19(7-3-1)31-34-29-22-12-14-32-17-25(22)26-18-33-15-13-23(26)30(29)35(31)20-10-11-28-24(16-20)21-8-4-5-9-27(21)36-28/h1-12,14-18,23H,13H2. The second-order valence-corrected chi connectivity index (χ2v) is 10.4. The number of pyridine rings is 1. The highest BCUT2D eigenvalue weighted by Gasteiger charge is 2.36. The number of thiophene rings is 1. The molecule has 0 saturated carbocycles. The van der Waals surface area contributed by atoms with Crippen LogP contribution in [0.2, 0.25) is 0 Å². The fourth-order valence-electron chi connectivity index (χ4n) is 5.71. The number of nitrogens with zero attached hydrogens (tertiary/aromatic N) is 4. The maximum atomic E-state index is 5.33. The number of aromatic nitrogens is 3. The first-order valence-electron chi connectivity index (χ1n) is 12.1. The van der Waals surface area contributed by atoms with Gasteiger partial charge >= 0.3 is 0 Å². The fraction of sp³-hybridized carbons (Fsp3) is 0.0645. The van der Waals surface area contributed by atoms with Crippen LogP contribution in [0.15, 0.2) is 102 Å². The molecular formula is C31H20N4S. The van der Waals surface area contributed by atoms with Crippen LogP contribution in [0.1, 0.15) is 23.6 Å². The number of rotatable bonds is 2. The molecule has 4 nitrogen and oxygen atoms in total. The number of benzene rings is 3. The van der Waals surface area contributed by atoms with Crippen LogP contribution in [0.25, 0.3) is 54.1 Å². The van der Waals surface area contributed by atoms with Gasteiger partial charge in [0.2, 0.25) is 0 Å². The molecule has 4 heterocycles. The first-order valence-corrected chi connectivity index (χ1v) is 12.9. The number of imidazole rings is 1. The Morgan fingerprint density at radius 3 is 2.64 bits per heavy atom. The van der Waals surface area contributed by atoms with Gasteiger partial charge in [-0.25, -0.2) is 4.98 Å². The highest BCUT2D eigenvalue weighted by molar-refractivity contribution is 7.25. The Hall–Kier alpha value is -4.35. The summed E-state index contributed by atoms with van der Waals surface area (Å²) in [6.07, 6.45) is 8.70. The van der Waals surface area contributed by atoms with E-state index >= 15 is 0 Å². The lowest BCUT2D eigenvalue weighted by Crippen LogP contribution is -2.16. The third-order valence-corrected chi connectivity index (χ3v) is 8.47. The summed E-state index contributed by atoms with van der Waals surface area (Å²) in [6, 6.07) is 28.1. The van der Waals surface area contributed by atoms with Gasteiger partial charge in [-0.15, -0.1) is 11.3 Å². The molecule has 36 heavy (non-hydrogen) atoms. The molecule has 0 saturated heterocycles. The minimum atomic E-state index is 0.175. The zero-order valence-corrected chi connectivity index (χ0v) is 20.1. The fourth-order valence-corrected chi connectivity index (χ4v) is 6.80. The summed E-state index contributed by atoms with van der Waals surface area (Å²) in [4.78, 5) is 14.3. The normalized spacial score (nSPS) is 16.0. The van der Waals surface area contributed by atoms with Crippen LogP contribution in [0, 0.1) is 0 Å². The van der Waals surface area contributed by atoms with Gasteiger partial charge in [0.15, 0.2) is 0 Å². The molecule has 0 fully saturated rings. The predicted molar refractivity (Wildman–Crippen MR) is 149 cm³/mol. The van der Waals surface area contributed by atoms with Gasteiger partial charge in [0.05, 0.1) is 11.4 Å². The van der Waals surface area contributed by atoms with Crippen molar-refractivity contribution in [3.05, 3.63) is 109 Å². The van der Waals surface area contributed by atoms with Crippen LogP contribution in [0.5, 0.6) is 0 Å². The van der Waals surface area contributed by atoms with E-state index in [1.54, 1.807) is 0 Å². The van der Waals surface area contributed by atoms with Crippen LogP contribution in [0.4, 0.5) is 0 Å². The zero-order chi connectivity index (χ0) is 23.6. The smallest absolute Gasteiger partial charge is 0.145 e. The highest BCUT2D eigenvalue weighted by atomic mass is 32.1. The molecular weight excluding hydrogens is 460 g/mol.